The van der Waals surface area contributed by atoms with Crippen LogP contribution in [0.3, 0.4) is 0 Å². The van der Waals surface area contributed by atoms with Gasteiger partial charge in [0.1, 0.15) is 5.82 Å². The molecule has 0 saturated carbocycles. The standard InChI is InChI=1S/C21H17F2N3O/c22-17-5-4-13(11-18(17)23)10-14-6-8-25-20(12-14)26-21(27)16-2-1-3-19-15(16)7-9-24-19/h1-6,8,11-12,24H,7,9-10H2,(H,25,26,27). The second-order valence-electron chi connectivity index (χ2n) is 6.44. The minimum atomic E-state index is -0.873. The predicted octanol–water partition coefficient (Wildman–Crippen LogP) is 4.17. The highest BCUT2D eigenvalue weighted by atomic mass is 19.2. The van der Waals surface area contributed by atoms with E-state index in [-0.39, 0.29) is 5.91 Å². The van der Waals surface area contributed by atoms with E-state index < -0.39 is 11.6 Å². The number of nitrogens with zero attached hydrogens (tertiary/aromatic N) is 1. The van der Waals surface area contributed by atoms with Gasteiger partial charge in [0.25, 0.3) is 5.91 Å². The largest absolute Gasteiger partial charge is 0.384 e. The van der Waals surface area contributed by atoms with Gasteiger partial charge in [-0.25, -0.2) is 13.8 Å². The Bertz CT molecular complexity index is 1020. The maximum atomic E-state index is 13.4. The summed E-state index contributed by atoms with van der Waals surface area (Å²) in [6, 6.07) is 12.9. The third-order valence-electron chi connectivity index (χ3n) is 4.57. The Labute approximate surface area is 155 Å². The molecule has 0 radical (unpaired) electrons. The first kappa shape index (κ1) is 17.1. The van der Waals surface area contributed by atoms with E-state index in [4.69, 9.17) is 0 Å². The van der Waals surface area contributed by atoms with Crippen molar-refractivity contribution in [3.63, 3.8) is 0 Å². The average molecular weight is 365 g/mol. The summed E-state index contributed by atoms with van der Waals surface area (Å²) in [5, 5.41) is 6.07. The van der Waals surface area contributed by atoms with E-state index in [9.17, 15) is 13.6 Å². The molecule has 0 atom stereocenters. The third-order valence-corrected chi connectivity index (χ3v) is 4.57. The second-order valence-corrected chi connectivity index (χ2v) is 6.44. The van der Waals surface area contributed by atoms with Crippen molar-refractivity contribution in [3.05, 3.63) is 88.6 Å². The van der Waals surface area contributed by atoms with Crippen molar-refractivity contribution in [2.45, 2.75) is 12.8 Å². The van der Waals surface area contributed by atoms with Crippen molar-refractivity contribution in [2.24, 2.45) is 0 Å². The number of benzene rings is 2. The quantitative estimate of drug-likeness (QED) is 0.730. The molecule has 6 heteroatoms. The Morgan fingerprint density at radius 1 is 1.07 bits per heavy atom. The van der Waals surface area contributed by atoms with Crippen LogP contribution in [0.4, 0.5) is 20.3 Å². The van der Waals surface area contributed by atoms with Crippen molar-refractivity contribution in [3.8, 4) is 0 Å². The van der Waals surface area contributed by atoms with E-state index in [0.29, 0.717) is 23.4 Å². The molecule has 4 rings (SSSR count). The van der Waals surface area contributed by atoms with E-state index in [2.05, 4.69) is 15.6 Å². The molecule has 1 aromatic heterocycles. The summed E-state index contributed by atoms with van der Waals surface area (Å²) in [5.41, 5.74) is 4.11. The molecule has 27 heavy (non-hydrogen) atoms. The number of carbonyl (C=O) groups is 1. The lowest BCUT2D eigenvalue weighted by molar-refractivity contribution is 0.102. The molecule has 1 aliphatic heterocycles. The average Bonchev–Trinajstić information content (AvgIpc) is 3.14. The molecule has 0 bridgehead atoms. The number of amides is 1. The first-order chi connectivity index (χ1) is 13.1. The van der Waals surface area contributed by atoms with Crippen LogP contribution in [0, 0.1) is 11.6 Å². The van der Waals surface area contributed by atoms with Crippen LogP contribution in [0.5, 0.6) is 0 Å². The number of hydrogen-bond donors (Lipinski definition) is 2. The molecule has 4 nitrogen and oxygen atoms in total. The molecule has 0 fully saturated rings. The Kier molecular flexibility index (Phi) is 4.54. The number of nitrogens with one attached hydrogen (secondary N) is 2. The minimum Gasteiger partial charge on any atom is -0.384 e. The van der Waals surface area contributed by atoms with Gasteiger partial charge in [-0.15, -0.1) is 0 Å². The molecule has 1 aliphatic rings. The summed E-state index contributed by atoms with van der Waals surface area (Å²) in [5.74, 6) is -1.54. The molecule has 1 amide bonds. The highest BCUT2D eigenvalue weighted by Gasteiger charge is 2.18. The molecule has 3 aromatic rings. The molecule has 2 N–H and O–H groups in total. The maximum absolute atomic E-state index is 13.4. The van der Waals surface area contributed by atoms with Crippen LogP contribution in [0.25, 0.3) is 0 Å². The smallest absolute Gasteiger partial charge is 0.257 e. The first-order valence-corrected chi connectivity index (χ1v) is 8.66. The van der Waals surface area contributed by atoms with Gasteiger partial charge in [0.15, 0.2) is 11.6 Å². The molecule has 2 aromatic carbocycles. The van der Waals surface area contributed by atoms with Crippen LogP contribution in [0.2, 0.25) is 0 Å². The highest BCUT2D eigenvalue weighted by Crippen LogP contribution is 2.26. The lowest BCUT2D eigenvalue weighted by Gasteiger charge is -2.10. The van der Waals surface area contributed by atoms with Crippen LogP contribution in [0.15, 0.2) is 54.7 Å². The van der Waals surface area contributed by atoms with Gasteiger partial charge >= 0.3 is 0 Å². The highest BCUT2D eigenvalue weighted by molar-refractivity contribution is 6.06. The fraction of sp³-hybridized carbons (Fsp3) is 0.143. The zero-order valence-electron chi connectivity index (χ0n) is 14.4. The molecular weight excluding hydrogens is 348 g/mol. The topological polar surface area (TPSA) is 54.0 Å². The number of hydrogen-bond acceptors (Lipinski definition) is 3. The number of aromatic nitrogens is 1. The van der Waals surface area contributed by atoms with Crippen LogP contribution >= 0.6 is 0 Å². The number of anilines is 2. The lowest BCUT2D eigenvalue weighted by Crippen LogP contribution is -2.15. The number of rotatable bonds is 4. The van der Waals surface area contributed by atoms with Crippen molar-refractivity contribution in [1.29, 1.82) is 0 Å². The van der Waals surface area contributed by atoms with Crippen molar-refractivity contribution in [1.82, 2.24) is 4.98 Å². The Hall–Kier alpha value is -3.28. The molecule has 0 unspecified atom stereocenters. The SMILES string of the molecule is O=C(Nc1cc(Cc2ccc(F)c(F)c2)ccn1)c1cccc2c1CCN2. The van der Waals surface area contributed by atoms with E-state index >= 15 is 0 Å². The predicted molar refractivity (Wildman–Crippen MR) is 100.0 cm³/mol. The fourth-order valence-corrected chi connectivity index (χ4v) is 3.28. The summed E-state index contributed by atoms with van der Waals surface area (Å²) < 4.78 is 26.4. The zero-order chi connectivity index (χ0) is 18.8. The van der Waals surface area contributed by atoms with Gasteiger partial charge < -0.3 is 10.6 Å². The Morgan fingerprint density at radius 2 is 1.93 bits per heavy atom. The third kappa shape index (κ3) is 3.65. The van der Waals surface area contributed by atoms with E-state index in [1.54, 1.807) is 24.4 Å². The normalized spacial score (nSPS) is 12.4. The van der Waals surface area contributed by atoms with Crippen LogP contribution < -0.4 is 10.6 Å². The maximum Gasteiger partial charge on any atom is 0.257 e. The van der Waals surface area contributed by atoms with Gasteiger partial charge in [-0.1, -0.05) is 12.1 Å². The Balaban J connectivity index is 1.52. The van der Waals surface area contributed by atoms with Gasteiger partial charge in [0, 0.05) is 24.0 Å². The van der Waals surface area contributed by atoms with E-state index in [0.717, 1.165) is 35.8 Å². The van der Waals surface area contributed by atoms with Crippen LogP contribution in [-0.2, 0) is 12.8 Å². The van der Waals surface area contributed by atoms with Gasteiger partial charge in [-0.3, -0.25) is 4.79 Å². The summed E-state index contributed by atoms with van der Waals surface area (Å²) in [6.45, 7) is 0.821. The monoisotopic (exact) mass is 365 g/mol. The van der Waals surface area contributed by atoms with Crippen LogP contribution in [0.1, 0.15) is 27.0 Å². The first-order valence-electron chi connectivity index (χ1n) is 8.66. The summed E-state index contributed by atoms with van der Waals surface area (Å²) in [6.07, 6.45) is 2.80. The molecule has 0 saturated heterocycles. The zero-order valence-corrected chi connectivity index (χ0v) is 14.4. The fourth-order valence-electron chi connectivity index (χ4n) is 3.28. The number of fused-ring (bicyclic) bond motifs is 1. The van der Waals surface area contributed by atoms with Crippen molar-refractivity contribution >= 4 is 17.4 Å². The lowest BCUT2D eigenvalue weighted by atomic mass is 10.0. The Morgan fingerprint density at radius 3 is 2.78 bits per heavy atom. The summed E-state index contributed by atoms with van der Waals surface area (Å²) >= 11 is 0. The minimum absolute atomic E-state index is 0.215. The van der Waals surface area contributed by atoms with Gasteiger partial charge in [0.05, 0.1) is 0 Å². The molecule has 2 heterocycles. The number of halogens is 2. The van der Waals surface area contributed by atoms with E-state index in [1.807, 2.05) is 12.1 Å². The molecule has 0 aliphatic carbocycles. The summed E-state index contributed by atoms with van der Waals surface area (Å²) in [4.78, 5) is 16.8. The van der Waals surface area contributed by atoms with Gasteiger partial charge in [0.2, 0.25) is 0 Å². The number of carbonyl (C=O) groups excluding carboxylic acids is 1. The molecule has 136 valence electrons. The van der Waals surface area contributed by atoms with Crippen molar-refractivity contribution in [2.75, 3.05) is 17.2 Å². The van der Waals surface area contributed by atoms with Crippen LogP contribution in [-0.4, -0.2) is 17.4 Å². The van der Waals surface area contributed by atoms with Crippen molar-refractivity contribution < 1.29 is 13.6 Å². The number of pyridine rings is 1. The van der Waals surface area contributed by atoms with Gasteiger partial charge in [-0.2, -0.15) is 0 Å². The second kappa shape index (κ2) is 7.15. The molecular formula is C21H17F2N3O. The molecule has 0 spiro atoms. The van der Waals surface area contributed by atoms with E-state index in [1.165, 1.54) is 12.1 Å². The summed E-state index contributed by atoms with van der Waals surface area (Å²) in [7, 11) is 0. The van der Waals surface area contributed by atoms with Gasteiger partial charge in [-0.05, 0) is 65.9 Å².